The molecule has 0 heterocycles. The second-order valence-corrected chi connectivity index (χ2v) is 6.27. The molecule has 2 nitrogen and oxygen atoms in total. The first-order chi connectivity index (χ1) is 7.99. The van der Waals surface area contributed by atoms with Crippen molar-refractivity contribution >= 4 is 45.0 Å². The van der Waals surface area contributed by atoms with Crippen molar-refractivity contribution in [3.8, 4) is 0 Å². The first-order valence-electron chi connectivity index (χ1n) is 5.37. The van der Waals surface area contributed by atoms with E-state index in [4.69, 9.17) is 23.2 Å². The van der Waals surface area contributed by atoms with Crippen LogP contribution >= 0.6 is 39.1 Å². The number of nitrogens with one attached hydrogen (secondary N) is 1. The third-order valence-corrected chi connectivity index (χ3v) is 3.08. The number of carbonyl (C=O) groups excluding carboxylic acids is 1. The topological polar surface area (TPSA) is 29.1 Å². The molecule has 1 unspecified atom stereocenters. The van der Waals surface area contributed by atoms with E-state index in [1.165, 1.54) is 0 Å². The third kappa shape index (κ3) is 5.75. The molecule has 1 aromatic carbocycles. The molecular formula is C12H14BrCl2NO. The van der Waals surface area contributed by atoms with Crippen LogP contribution in [0.15, 0.2) is 18.2 Å². The SMILES string of the molecule is CC(Br)CCCNC(=O)c1cc(Cl)cc(Cl)c1. The highest BCUT2D eigenvalue weighted by atomic mass is 79.9. The van der Waals surface area contributed by atoms with Crippen LogP contribution in [-0.4, -0.2) is 17.3 Å². The van der Waals surface area contributed by atoms with Crippen molar-refractivity contribution in [2.24, 2.45) is 0 Å². The van der Waals surface area contributed by atoms with Gasteiger partial charge >= 0.3 is 0 Å². The predicted molar refractivity (Wildman–Crippen MR) is 76.4 cm³/mol. The maximum atomic E-state index is 11.8. The van der Waals surface area contributed by atoms with Gasteiger partial charge in [-0.25, -0.2) is 0 Å². The first kappa shape index (κ1) is 14.8. The molecule has 0 aliphatic carbocycles. The molecule has 1 atom stereocenters. The van der Waals surface area contributed by atoms with Crippen LogP contribution in [-0.2, 0) is 0 Å². The van der Waals surface area contributed by atoms with Crippen LogP contribution in [0.2, 0.25) is 10.0 Å². The van der Waals surface area contributed by atoms with Crippen molar-refractivity contribution < 1.29 is 4.79 Å². The van der Waals surface area contributed by atoms with Gasteiger partial charge in [-0.3, -0.25) is 4.79 Å². The van der Waals surface area contributed by atoms with Gasteiger partial charge < -0.3 is 5.32 Å². The fourth-order valence-electron chi connectivity index (χ4n) is 1.37. The van der Waals surface area contributed by atoms with Crippen LogP contribution in [0.4, 0.5) is 0 Å². The Balaban J connectivity index is 2.47. The summed E-state index contributed by atoms with van der Waals surface area (Å²) in [6, 6.07) is 4.82. The summed E-state index contributed by atoms with van der Waals surface area (Å²) in [4.78, 5) is 12.2. The van der Waals surface area contributed by atoms with Gasteiger partial charge in [0.2, 0.25) is 0 Å². The van der Waals surface area contributed by atoms with E-state index in [2.05, 4.69) is 28.2 Å². The Hall–Kier alpha value is -0.250. The second kappa shape index (κ2) is 7.24. The van der Waals surface area contributed by atoms with Gasteiger partial charge in [-0.15, -0.1) is 0 Å². The molecule has 1 rings (SSSR count). The van der Waals surface area contributed by atoms with Gasteiger partial charge in [-0.1, -0.05) is 46.1 Å². The van der Waals surface area contributed by atoms with Crippen LogP contribution in [0.1, 0.15) is 30.1 Å². The zero-order valence-electron chi connectivity index (χ0n) is 9.47. The Kier molecular flexibility index (Phi) is 6.31. The summed E-state index contributed by atoms with van der Waals surface area (Å²) in [7, 11) is 0. The molecule has 0 aromatic heterocycles. The van der Waals surface area contributed by atoms with Crippen molar-refractivity contribution in [2.75, 3.05) is 6.54 Å². The quantitative estimate of drug-likeness (QED) is 0.629. The maximum Gasteiger partial charge on any atom is 0.251 e. The number of hydrogen-bond donors (Lipinski definition) is 1. The number of benzene rings is 1. The van der Waals surface area contributed by atoms with Crippen LogP contribution in [0.25, 0.3) is 0 Å². The van der Waals surface area contributed by atoms with E-state index >= 15 is 0 Å². The summed E-state index contributed by atoms with van der Waals surface area (Å²) in [5, 5.41) is 3.77. The molecule has 5 heteroatoms. The van der Waals surface area contributed by atoms with Crippen molar-refractivity contribution in [1.82, 2.24) is 5.32 Å². The molecule has 0 radical (unpaired) electrons. The van der Waals surface area contributed by atoms with E-state index in [0.717, 1.165) is 12.8 Å². The lowest BCUT2D eigenvalue weighted by molar-refractivity contribution is 0.0953. The Morgan fingerprint density at radius 2 is 1.94 bits per heavy atom. The highest BCUT2D eigenvalue weighted by Crippen LogP contribution is 2.18. The highest BCUT2D eigenvalue weighted by molar-refractivity contribution is 9.09. The van der Waals surface area contributed by atoms with Gasteiger partial charge in [-0.2, -0.15) is 0 Å². The standard InChI is InChI=1S/C12H14BrCl2NO/c1-8(13)3-2-4-16-12(17)9-5-10(14)7-11(15)6-9/h5-8H,2-4H2,1H3,(H,16,17). The van der Waals surface area contributed by atoms with E-state index < -0.39 is 0 Å². The van der Waals surface area contributed by atoms with Crippen molar-refractivity contribution in [1.29, 1.82) is 0 Å². The number of halogens is 3. The monoisotopic (exact) mass is 337 g/mol. The number of hydrogen-bond acceptors (Lipinski definition) is 1. The fourth-order valence-corrected chi connectivity index (χ4v) is 2.22. The molecule has 0 saturated heterocycles. The van der Waals surface area contributed by atoms with Gasteiger partial charge in [0.25, 0.3) is 5.91 Å². The van der Waals surface area contributed by atoms with E-state index in [1.807, 2.05) is 0 Å². The zero-order chi connectivity index (χ0) is 12.8. The van der Waals surface area contributed by atoms with Crippen molar-refractivity contribution in [2.45, 2.75) is 24.6 Å². The maximum absolute atomic E-state index is 11.8. The van der Waals surface area contributed by atoms with E-state index in [0.29, 0.717) is 27.0 Å². The average molecular weight is 339 g/mol. The molecule has 94 valence electrons. The highest BCUT2D eigenvalue weighted by Gasteiger charge is 2.07. The first-order valence-corrected chi connectivity index (χ1v) is 7.04. The van der Waals surface area contributed by atoms with E-state index in [-0.39, 0.29) is 5.91 Å². The van der Waals surface area contributed by atoms with Crippen molar-refractivity contribution in [3.63, 3.8) is 0 Å². The van der Waals surface area contributed by atoms with Gasteiger partial charge in [0.05, 0.1) is 0 Å². The molecule has 1 aromatic rings. The minimum atomic E-state index is -0.142. The van der Waals surface area contributed by atoms with E-state index in [1.54, 1.807) is 18.2 Å². The summed E-state index contributed by atoms with van der Waals surface area (Å²) in [5.41, 5.74) is 0.495. The molecule has 1 N–H and O–H groups in total. The molecule has 0 aliphatic rings. The van der Waals surface area contributed by atoms with Crippen LogP contribution in [0.5, 0.6) is 0 Å². The van der Waals surface area contributed by atoms with Gasteiger partial charge in [0.15, 0.2) is 0 Å². The number of amides is 1. The molecule has 17 heavy (non-hydrogen) atoms. The second-order valence-electron chi connectivity index (χ2n) is 3.84. The lowest BCUT2D eigenvalue weighted by Gasteiger charge is -2.07. The van der Waals surface area contributed by atoms with Gasteiger partial charge in [0, 0.05) is 27.0 Å². The van der Waals surface area contributed by atoms with Crippen LogP contribution < -0.4 is 5.32 Å². The molecule has 0 bridgehead atoms. The Bertz CT molecular complexity index is 376. The molecule has 0 saturated carbocycles. The zero-order valence-corrected chi connectivity index (χ0v) is 12.6. The fraction of sp³-hybridized carbons (Fsp3) is 0.417. The normalized spacial score (nSPS) is 12.2. The number of rotatable bonds is 5. The lowest BCUT2D eigenvalue weighted by Crippen LogP contribution is -2.24. The summed E-state index contributed by atoms with van der Waals surface area (Å²) >= 11 is 15.1. The molecule has 0 fully saturated rings. The third-order valence-electron chi connectivity index (χ3n) is 2.19. The summed E-state index contributed by atoms with van der Waals surface area (Å²) < 4.78 is 0. The van der Waals surface area contributed by atoms with Crippen LogP contribution in [0, 0.1) is 0 Å². The Morgan fingerprint density at radius 3 is 2.47 bits per heavy atom. The summed E-state index contributed by atoms with van der Waals surface area (Å²) in [5.74, 6) is -0.142. The molecule has 0 spiro atoms. The number of alkyl halides is 1. The average Bonchev–Trinajstić information content (AvgIpc) is 2.22. The largest absolute Gasteiger partial charge is 0.352 e. The lowest BCUT2D eigenvalue weighted by atomic mass is 10.2. The van der Waals surface area contributed by atoms with Crippen molar-refractivity contribution in [3.05, 3.63) is 33.8 Å². The Labute approximate surface area is 120 Å². The molecule has 1 amide bonds. The van der Waals surface area contributed by atoms with Crippen LogP contribution in [0.3, 0.4) is 0 Å². The van der Waals surface area contributed by atoms with Gasteiger partial charge in [0.1, 0.15) is 0 Å². The number of carbonyl (C=O) groups is 1. The molecule has 0 aliphatic heterocycles. The summed E-state index contributed by atoms with van der Waals surface area (Å²) in [6.07, 6.45) is 1.96. The minimum Gasteiger partial charge on any atom is -0.352 e. The predicted octanol–water partition coefficient (Wildman–Crippen LogP) is 4.29. The molecular weight excluding hydrogens is 325 g/mol. The smallest absolute Gasteiger partial charge is 0.251 e. The van der Waals surface area contributed by atoms with E-state index in [9.17, 15) is 4.79 Å². The summed E-state index contributed by atoms with van der Waals surface area (Å²) in [6.45, 7) is 2.73. The Morgan fingerprint density at radius 1 is 1.35 bits per heavy atom. The minimum absolute atomic E-state index is 0.142. The van der Waals surface area contributed by atoms with Gasteiger partial charge in [-0.05, 0) is 31.0 Å².